The largest absolute Gasteiger partial charge is 0.353 e. The van der Waals surface area contributed by atoms with E-state index in [1.807, 2.05) is 6.07 Å². The molecular weight excluding hydrogens is 250 g/mol. The highest BCUT2D eigenvalue weighted by Gasteiger charge is 2.23. The van der Waals surface area contributed by atoms with Gasteiger partial charge in [0.2, 0.25) is 0 Å². The number of hydrogen-bond acceptors (Lipinski definition) is 5. The first kappa shape index (κ1) is 12.9. The summed E-state index contributed by atoms with van der Waals surface area (Å²) in [7, 11) is 0. The maximum Gasteiger partial charge on any atom is 0.146 e. The minimum Gasteiger partial charge on any atom is -0.353 e. The number of pyridine rings is 1. The van der Waals surface area contributed by atoms with Gasteiger partial charge in [-0.05, 0) is 30.9 Å². The molecule has 0 spiro atoms. The molecule has 2 aliphatic rings. The minimum absolute atomic E-state index is 0.483. The second kappa shape index (κ2) is 5.48. The number of fused-ring (bicyclic) bond motifs is 1. The van der Waals surface area contributed by atoms with Crippen LogP contribution in [0.3, 0.4) is 0 Å². The van der Waals surface area contributed by atoms with Crippen molar-refractivity contribution in [2.75, 3.05) is 37.6 Å². The number of aromatic nitrogens is 1. The van der Waals surface area contributed by atoms with E-state index in [1.54, 1.807) is 0 Å². The average molecular weight is 267 g/mol. The Labute approximate surface area is 119 Å². The third-order valence-electron chi connectivity index (χ3n) is 4.12. The molecule has 1 saturated heterocycles. The number of anilines is 1. The predicted octanol–water partition coefficient (Wildman–Crippen LogP) is 1.09. The summed E-state index contributed by atoms with van der Waals surface area (Å²) >= 11 is 0. The summed E-state index contributed by atoms with van der Waals surface area (Å²) < 4.78 is 0. The monoisotopic (exact) mass is 267 g/mol. The summed E-state index contributed by atoms with van der Waals surface area (Å²) in [5.74, 6) is 0.838. The van der Waals surface area contributed by atoms with Crippen LogP contribution in [0.5, 0.6) is 0 Å². The molecular formula is C15H17N5. The van der Waals surface area contributed by atoms with Gasteiger partial charge < -0.3 is 4.90 Å². The van der Waals surface area contributed by atoms with Gasteiger partial charge >= 0.3 is 0 Å². The molecule has 0 N–H and O–H groups in total. The topological polar surface area (TPSA) is 67.0 Å². The Morgan fingerprint density at radius 1 is 1.15 bits per heavy atom. The molecule has 1 fully saturated rings. The maximum atomic E-state index is 9.35. The Kier molecular flexibility index (Phi) is 3.54. The first-order valence-electron chi connectivity index (χ1n) is 7.09. The molecule has 0 unspecified atom stereocenters. The van der Waals surface area contributed by atoms with Gasteiger partial charge in [-0.3, -0.25) is 4.90 Å². The molecule has 0 bridgehead atoms. The third kappa shape index (κ3) is 2.33. The van der Waals surface area contributed by atoms with Crippen LogP contribution in [-0.4, -0.2) is 42.6 Å². The van der Waals surface area contributed by atoms with E-state index in [0.717, 1.165) is 51.3 Å². The van der Waals surface area contributed by atoms with E-state index < -0.39 is 0 Å². The molecule has 0 atom stereocenters. The normalized spacial score (nSPS) is 18.4. The molecule has 0 aromatic carbocycles. The summed E-state index contributed by atoms with van der Waals surface area (Å²) in [6.45, 7) is 3.87. The average Bonchev–Trinajstić information content (AvgIpc) is 2.94. The van der Waals surface area contributed by atoms with Crippen molar-refractivity contribution >= 4 is 5.82 Å². The number of hydrogen-bond donors (Lipinski definition) is 0. The van der Waals surface area contributed by atoms with Crippen molar-refractivity contribution in [2.45, 2.75) is 19.3 Å². The van der Waals surface area contributed by atoms with Gasteiger partial charge in [-0.15, -0.1) is 0 Å². The highest BCUT2D eigenvalue weighted by atomic mass is 15.3. The van der Waals surface area contributed by atoms with Crippen LogP contribution in [-0.2, 0) is 12.8 Å². The Morgan fingerprint density at radius 3 is 2.65 bits per heavy atom. The van der Waals surface area contributed by atoms with E-state index in [4.69, 9.17) is 10.2 Å². The van der Waals surface area contributed by atoms with E-state index in [9.17, 15) is 5.26 Å². The van der Waals surface area contributed by atoms with Gasteiger partial charge in [0, 0.05) is 31.9 Å². The molecule has 2 heterocycles. The van der Waals surface area contributed by atoms with Crippen LogP contribution in [0.1, 0.15) is 23.2 Å². The zero-order valence-electron chi connectivity index (χ0n) is 11.5. The summed E-state index contributed by atoms with van der Waals surface area (Å²) in [4.78, 5) is 9.06. The van der Waals surface area contributed by atoms with E-state index in [2.05, 4.69) is 21.9 Å². The smallest absolute Gasteiger partial charge is 0.146 e. The molecule has 0 radical (unpaired) electrons. The lowest BCUT2D eigenvalue weighted by atomic mass is 10.1. The Bertz CT molecular complexity index is 588. The number of rotatable bonds is 2. The zero-order valence-corrected chi connectivity index (χ0v) is 11.5. The van der Waals surface area contributed by atoms with Gasteiger partial charge in [0.25, 0.3) is 0 Å². The zero-order chi connectivity index (χ0) is 13.9. The number of nitrogens with zero attached hydrogens (tertiary/aromatic N) is 5. The Hall–Kier alpha value is -2.11. The fourth-order valence-corrected chi connectivity index (χ4v) is 3.00. The Morgan fingerprint density at radius 2 is 1.95 bits per heavy atom. The van der Waals surface area contributed by atoms with Gasteiger partial charge in [0.15, 0.2) is 0 Å². The summed E-state index contributed by atoms with van der Waals surface area (Å²) in [5, 5.41) is 18.1. The van der Waals surface area contributed by atoms with Gasteiger partial charge in [-0.25, -0.2) is 4.98 Å². The number of piperazine rings is 1. The van der Waals surface area contributed by atoms with Gasteiger partial charge in [-0.1, -0.05) is 0 Å². The molecule has 0 saturated carbocycles. The van der Waals surface area contributed by atoms with E-state index >= 15 is 0 Å². The first-order chi connectivity index (χ1) is 9.81. The first-order valence-corrected chi connectivity index (χ1v) is 7.09. The van der Waals surface area contributed by atoms with Crippen LogP contribution in [0, 0.1) is 22.7 Å². The predicted molar refractivity (Wildman–Crippen MR) is 75.2 cm³/mol. The molecule has 3 rings (SSSR count). The fraction of sp³-hybridized carbons (Fsp3) is 0.533. The maximum absolute atomic E-state index is 9.35. The number of aryl methyl sites for hydroxylation is 2. The molecule has 0 amide bonds. The van der Waals surface area contributed by atoms with Gasteiger partial charge in [-0.2, -0.15) is 10.5 Å². The van der Waals surface area contributed by atoms with Crippen molar-refractivity contribution in [3.63, 3.8) is 0 Å². The van der Waals surface area contributed by atoms with Crippen molar-refractivity contribution in [3.05, 3.63) is 22.9 Å². The SMILES string of the molecule is N#CCN1CCN(c2nc3c(cc2C#N)CCC3)CC1. The van der Waals surface area contributed by atoms with Crippen molar-refractivity contribution in [1.29, 1.82) is 10.5 Å². The lowest BCUT2D eigenvalue weighted by Gasteiger charge is -2.34. The summed E-state index contributed by atoms with van der Waals surface area (Å²) in [6, 6.07) is 6.50. The second-order valence-corrected chi connectivity index (χ2v) is 5.35. The summed E-state index contributed by atoms with van der Waals surface area (Å²) in [5.41, 5.74) is 3.10. The van der Waals surface area contributed by atoms with E-state index in [-0.39, 0.29) is 0 Å². The van der Waals surface area contributed by atoms with Crippen molar-refractivity contribution < 1.29 is 0 Å². The highest BCUT2D eigenvalue weighted by molar-refractivity contribution is 5.57. The quantitative estimate of drug-likeness (QED) is 0.750. The van der Waals surface area contributed by atoms with Crippen LogP contribution in [0.4, 0.5) is 5.82 Å². The molecule has 1 aromatic heterocycles. The molecule has 102 valence electrons. The summed E-state index contributed by atoms with van der Waals surface area (Å²) in [6.07, 6.45) is 3.22. The molecule has 1 aliphatic heterocycles. The van der Waals surface area contributed by atoms with Crippen LogP contribution in [0.2, 0.25) is 0 Å². The van der Waals surface area contributed by atoms with Crippen molar-refractivity contribution in [2.24, 2.45) is 0 Å². The lowest BCUT2D eigenvalue weighted by Crippen LogP contribution is -2.47. The molecule has 5 nitrogen and oxygen atoms in total. The standard InChI is InChI=1S/C15H17N5/c16-4-5-19-6-8-20(9-7-19)15-13(11-17)10-12-2-1-3-14(12)18-15/h10H,1-3,5-9H2. The van der Waals surface area contributed by atoms with E-state index in [1.165, 1.54) is 11.3 Å². The van der Waals surface area contributed by atoms with Crippen LogP contribution < -0.4 is 4.90 Å². The number of nitriles is 2. The van der Waals surface area contributed by atoms with Gasteiger partial charge in [0.1, 0.15) is 11.9 Å². The van der Waals surface area contributed by atoms with E-state index in [0.29, 0.717) is 12.1 Å². The lowest BCUT2D eigenvalue weighted by molar-refractivity contribution is 0.286. The van der Waals surface area contributed by atoms with Gasteiger partial charge in [0.05, 0.1) is 18.2 Å². The molecule has 20 heavy (non-hydrogen) atoms. The molecule has 1 aliphatic carbocycles. The molecule has 5 heteroatoms. The van der Waals surface area contributed by atoms with Crippen molar-refractivity contribution in [1.82, 2.24) is 9.88 Å². The van der Waals surface area contributed by atoms with Crippen LogP contribution >= 0.6 is 0 Å². The Balaban J connectivity index is 1.81. The second-order valence-electron chi connectivity index (χ2n) is 5.35. The molecule has 1 aromatic rings. The van der Waals surface area contributed by atoms with Crippen LogP contribution in [0.15, 0.2) is 6.07 Å². The highest BCUT2D eigenvalue weighted by Crippen LogP contribution is 2.27. The minimum atomic E-state index is 0.483. The van der Waals surface area contributed by atoms with Crippen LogP contribution in [0.25, 0.3) is 0 Å². The fourth-order valence-electron chi connectivity index (χ4n) is 3.00. The van der Waals surface area contributed by atoms with Crippen molar-refractivity contribution in [3.8, 4) is 12.1 Å². The third-order valence-corrected chi connectivity index (χ3v) is 4.12.